The van der Waals surface area contributed by atoms with E-state index < -0.39 is 11.9 Å². The van der Waals surface area contributed by atoms with Crippen LogP contribution in [0.3, 0.4) is 0 Å². The Morgan fingerprint density at radius 1 is 1.08 bits per heavy atom. The van der Waals surface area contributed by atoms with Crippen LogP contribution in [0.15, 0.2) is 40.8 Å². The average molecular weight is 509 g/mol. The highest BCUT2D eigenvalue weighted by molar-refractivity contribution is 5.88. The number of nitrogens with one attached hydrogen (secondary N) is 1. The van der Waals surface area contributed by atoms with E-state index in [0.717, 1.165) is 57.8 Å². The molecule has 3 aromatic rings. The van der Waals surface area contributed by atoms with Gasteiger partial charge in [0.15, 0.2) is 6.04 Å². The molecule has 2 amide bonds. The largest absolute Gasteiger partial charge is 0.464 e. The summed E-state index contributed by atoms with van der Waals surface area (Å²) >= 11 is 0. The smallest absolute Gasteiger partial charge is 0.250 e. The molecular weight excluding hydrogens is 475 g/mol. The van der Waals surface area contributed by atoms with Crippen LogP contribution in [0.5, 0.6) is 0 Å². The zero-order valence-corrected chi connectivity index (χ0v) is 21.1. The van der Waals surface area contributed by atoms with Crippen LogP contribution in [-0.2, 0) is 16.1 Å². The molecule has 10 heteroatoms. The molecule has 2 aromatic heterocycles. The first-order valence-electron chi connectivity index (χ1n) is 13.2. The Labute approximate surface area is 215 Å². The number of furan rings is 1. The summed E-state index contributed by atoms with van der Waals surface area (Å²) in [4.78, 5) is 30.4. The van der Waals surface area contributed by atoms with Gasteiger partial charge in [0.25, 0.3) is 5.91 Å². The molecule has 1 atom stereocenters. The Kier molecular flexibility index (Phi) is 7.62. The third-order valence-corrected chi connectivity index (χ3v) is 7.36. The number of tetrazole rings is 1. The molecule has 2 saturated carbocycles. The molecule has 1 N–H and O–H groups in total. The van der Waals surface area contributed by atoms with Crippen LogP contribution < -0.4 is 5.32 Å². The first kappa shape index (κ1) is 25.1. The molecule has 2 heterocycles. The second kappa shape index (κ2) is 11.2. The normalized spacial score (nSPS) is 17.6. The highest BCUT2D eigenvalue weighted by atomic mass is 19.1. The standard InChI is InChI=1S/C27H33FN6O3/c1-18-15-16-23(37-18)25(27(36)29-19-9-5-6-10-19)34(20-11-3-2-4-12-20)24(35)17-33-31-26(30-32-33)21-13-7-8-14-22(21)28/h7-8,13-16,19-20,25H,2-6,9-12,17H2,1H3,(H,29,36). The Balaban J connectivity index is 1.44. The monoisotopic (exact) mass is 508 g/mol. The molecule has 1 aromatic carbocycles. The Morgan fingerprint density at radius 3 is 2.51 bits per heavy atom. The van der Waals surface area contributed by atoms with Gasteiger partial charge >= 0.3 is 0 Å². The van der Waals surface area contributed by atoms with Crippen LogP contribution in [0.4, 0.5) is 4.39 Å². The molecule has 0 radical (unpaired) electrons. The predicted octanol–water partition coefficient (Wildman–Crippen LogP) is 4.34. The van der Waals surface area contributed by atoms with E-state index in [1.807, 2.05) is 13.0 Å². The Morgan fingerprint density at radius 2 is 1.81 bits per heavy atom. The van der Waals surface area contributed by atoms with Crippen molar-refractivity contribution in [2.75, 3.05) is 0 Å². The quantitative estimate of drug-likeness (QED) is 0.485. The molecule has 1 unspecified atom stereocenters. The summed E-state index contributed by atoms with van der Waals surface area (Å²) in [7, 11) is 0. The minimum atomic E-state index is -0.889. The maximum atomic E-state index is 14.2. The topological polar surface area (TPSA) is 106 Å². The van der Waals surface area contributed by atoms with E-state index in [4.69, 9.17) is 4.42 Å². The minimum Gasteiger partial charge on any atom is -0.464 e. The summed E-state index contributed by atoms with van der Waals surface area (Å²) in [5.74, 6) is 0.243. The fraction of sp³-hybridized carbons (Fsp3) is 0.519. The van der Waals surface area contributed by atoms with E-state index in [-0.39, 0.29) is 41.8 Å². The third-order valence-electron chi connectivity index (χ3n) is 7.36. The summed E-state index contributed by atoms with van der Waals surface area (Å²) in [5, 5.41) is 15.4. The zero-order valence-electron chi connectivity index (χ0n) is 21.1. The Bertz CT molecular complexity index is 1230. The SMILES string of the molecule is Cc1ccc(C(C(=O)NC2CCCC2)N(C(=O)Cn2nnc(-c3ccccc3F)n2)C2CCCCC2)o1. The van der Waals surface area contributed by atoms with Gasteiger partial charge in [0, 0.05) is 12.1 Å². The Hall–Kier alpha value is -3.56. The van der Waals surface area contributed by atoms with Crippen LogP contribution in [0.25, 0.3) is 11.4 Å². The lowest BCUT2D eigenvalue weighted by Gasteiger charge is -2.38. The van der Waals surface area contributed by atoms with Crippen molar-refractivity contribution in [1.29, 1.82) is 0 Å². The van der Waals surface area contributed by atoms with Crippen molar-refractivity contribution in [3.8, 4) is 11.4 Å². The van der Waals surface area contributed by atoms with E-state index in [1.54, 1.807) is 29.2 Å². The summed E-state index contributed by atoms with van der Waals surface area (Å²) in [6, 6.07) is 8.86. The van der Waals surface area contributed by atoms with Gasteiger partial charge in [-0.2, -0.15) is 4.80 Å². The van der Waals surface area contributed by atoms with Gasteiger partial charge in [-0.25, -0.2) is 4.39 Å². The van der Waals surface area contributed by atoms with E-state index in [2.05, 4.69) is 20.7 Å². The van der Waals surface area contributed by atoms with Crippen LogP contribution >= 0.6 is 0 Å². The number of nitrogens with zero attached hydrogens (tertiary/aromatic N) is 5. The maximum Gasteiger partial charge on any atom is 0.250 e. The van der Waals surface area contributed by atoms with Gasteiger partial charge in [0.05, 0.1) is 5.56 Å². The first-order chi connectivity index (χ1) is 18.0. The molecule has 2 fully saturated rings. The molecule has 5 rings (SSSR count). The van der Waals surface area contributed by atoms with Gasteiger partial charge in [0.1, 0.15) is 23.9 Å². The minimum absolute atomic E-state index is 0.104. The molecular formula is C27H33FN6O3. The van der Waals surface area contributed by atoms with Crippen molar-refractivity contribution < 1.29 is 18.4 Å². The molecule has 0 aliphatic heterocycles. The second-order valence-corrected chi connectivity index (χ2v) is 10.1. The van der Waals surface area contributed by atoms with Gasteiger partial charge in [-0.3, -0.25) is 9.59 Å². The number of hydrogen-bond acceptors (Lipinski definition) is 6. The second-order valence-electron chi connectivity index (χ2n) is 10.1. The first-order valence-corrected chi connectivity index (χ1v) is 13.2. The lowest BCUT2D eigenvalue weighted by molar-refractivity contribution is -0.146. The lowest BCUT2D eigenvalue weighted by Crippen LogP contribution is -2.51. The number of amides is 2. The van der Waals surface area contributed by atoms with Crippen molar-refractivity contribution in [2.24, 2.45) is 0 Å². The number of hydrogen-bond donors (Lipinski definition) is 1. The van der Waals surface area contributed by atoms with E-state index >= 15 is 0 Å². The third kappa shape index (κ3) is 5.73. The van der Waals surface area contributed by atoms with Crippen LogP contribution in [0.2, 0.25) is 0 Å². The van der Waals surface area contributed by atoms with Crippen molar-refractivity contribution >= 4 is 11.8 Å². The number of aryl methyl sites for hydroxylation is 1. The van der Waals surface area contributed by atoms with Crippen molar-refractivity contribution in [3.05, 3.63) is 53.7 Å². The highest BCUT2D eigenvalue weighted by Gasteiger charge is 2.39. The molecule has 0 spiro atoms. The van der Waals surface area contributed by atoms with Gasteiger partial charge in [-0.05, 0) is 62.1 Å². The molecule has 0 saturated heterocycles. The van der Waals surface area contributed by atoms with Crippen LogP contribution in [0.1, 0.15) is 75.3 Å². The number of benzene rings is 1. The molecule has 0 bridgehead atoms. The highest BCUT2D eigenvalue weighted by Crippen LogP contribution is 2.33. The maximum absolute atomic E-state index is 14.2. The van der Waals surface area contributed by atoms with Crippen molar-refractivity contribution in [1.82, 2.24) is 30.4 Å². The fourth-order valence-electron chi connectivity index (χ4n) is 5.52. The van der Waals surface area contributed by atoms with Crippen molar-refractivity contribution in [3.63, 3.8) is 0 Å². The zero-order chi connectivity index (χ0) is 25.8. The molecule has 196 valence electrons. The number of carbonyl (C=O) groups is 2. The van der Waals surface area contributed by atoms with Gasteiger partial charge < -0.3 is 14.6 Å². The van der Waals surface area contributed by atoms with Gasteiger partial charge in [-0.15, -0.1) is 10.2 Å². The summed E-state index contributed by atoms with van der Waals surface area (Å²) < 4.78 is 20.2. The number of carbonyl (C=O) groups excluding carboxylic acids is 2. The van der Waals surface area contributed by atoms with Gasteiger partial charge in [-0.1, -0.05) is 44.2 Å². The number of rotatable bonds is 8. The molecule has 37 heavy (non-hydrogen) atoms. The average Bonchev–Trinajstić information content (AvgIpc) is 3.66. The molecule has 2 aliphatic rings. The van der Waals surface area contributed by atoms with Crippen molar-refractivity contribution in [2.45, 2.75) is 89.4 Å². The summed E-state index contributed by atoms with van der Waals surface area (Å²) in [6.07, 6.45) is 8.75. The lowest BCUT2D eigenvalue weighted by atomic mass is 9.92. The molecule has 2 aliphatic carbocycles. The predicted molar refractivity (Wildman–Crippen MR) is 134 cm³/mol. The van der Waals surface area contributed by atoms with E-state index in [9.17, 15) is 14.0 Å². The van der Waals surface area contributed by atoms with Crippen LogP contribution in [0, 0.1) is 12.7 Å². The fourth-order valence-corrected chi connectivity index (χ4v) is 5.52. The van der Waals surface area contributed by atoms with Gasteiger partial charge in [0.2, 0.25) is 11.7 Å². The summed E-state index contributed by atoms with van der Waals surface area (Å²) in [5.41, 5.74) is 0.213. The summed E-state index contributed by atoms with van der Waals surface area (Å²) in [6.45, 7) is 1.61. The van der Waals surface area contributed by atoms with Crippen LogP contribution in [-0.4, -0.2) is 49.0 Å². The number of halogens is 1. The molecule has 9 nitrogen and oxygen atoms in total. The van der Waals surface area contributed by atoms with E-state index in [0.29, 0.717) is 11.5 Å². The van der Waals surface area contributed by atoms with E-state index in [1.165, 1.54) is 10.9 Å². The number of aromatic nitrogens is 4.